The molecule has 0 bridgehead atoms. The van der Waals surface area contributed by atoms with Gasteiger partial charge in [-0.3, -0.25) is 4.79 Å². The molecule has 0 saturated heterocycles. The SMILES string of the molecule is CC(=O)ON1CCC2=C(CC=S2C)C1c1ccccc1Cl. The van der Waals surface area contributed by atoms with Gasteiger partial charge in [-0.25, -0.2) is 0 Å². The number of hydrogen-bond donors (Lipinski definition) is 0. The first-order valence-electron chi connectivity index (χ1n) is 6.97. The number of rotatable bonds is 2. The van der Waals surface area contributed by atoms with E-state index in [-0.39, 0.29) is 22.5 Å². The second kappa shape index (κ2) is 5.95. The topological polar surface area (TPSA) is 29.5 Å². The zero-order valence-corrected chi connectivity index (χ0v) is 13.7. The van der Waals surface area contributed by atoms with Gasteiger partial charge in [0.2, 0.25) is 0 Å². The smallest absolute Gasteiger partial charge is 0.322 e. The van der Waals surface area contributed by atoms with Crippen LogP contribution in [0.25, 0.3) is 0 Å². The Morgan fingerprint density at radius 1 is 1.43 bits per heavy atom. The van der Waals surface area contributed by atoms with Crippen LogP contribution >= 0.6 is 22.1 Å². The number of nitrogens with zero attached hydrogens (tertiary/aromatic N) is 1. The van der Waals surface area contributed by atoms with Gasteiger partial charge in [-0.15, -0.1) is 5.06 Å². The maximum Gasteiger partial charge on any atom is 0.322 e. The van der Waals surface area contributed by atoms with Gasteiger partial charge < -0.3 is 4.84 Å². The summed E-state index contributed by atoms with van der Waals surface area (Å²) >= 11 is 6.39. The summed E-state index contributed by atoms with van der Waals surface area (Å²) in [6.07, 6.45) is 4.16. The van der Waals surface area contributed by atoms with Crippen molar-refractivity contribution in [3.05, 3.63) is 45.3 Å². The quantitative estimate of drug-likeness (QED) is 0.772. The fourth-order valence-corrected chi connectivity index (χ4v) is 4.93. The van der Waals surface area contributed by atoms with E-state index in [2.05, 4.69) is 11.6 Å². The third-order valence-electron chi connectivity index (χ3n) is 3.92. The number of carbonyl (C=O) groups excluding carboxylic acids is 1. The molecule has 2 unspecified atom stereocenters. The third kappa shape index (κ3) is 2.80. The molecule has 0 fully saturated rings. The average Bonchev–Trinajstić information content (AvgIpc) is 2.81. The predicted molar refractivity (Wildman–Crippen MR) is 88.5 cm³/mol. The van der Waals surface area contributed by atoms with E-state index in [0.29, 0.717) is 0 Å². The molecule has 112 valence electrons. The van der Waals surface area contributed by atoms with Crippen molar-refractivity contribution < 1.29 is 9.63 Å². The molecule has 0 N–H and O–H groups in total. The highest BCUT2D eigenvalue weighted by molar-refractivity contribution is 8.18. The number of halogens is 1. The van der Waals surface area contributed by atoms with Crippen LogP contribution in [0.15, 0.2) is 34.7 Å². The van der Waals surface area contributed by atoms with Gasteiger partial charge >= 0.3 is 5.97 Å². The summed E-state index contributed by atoms with van der Waals surface area (Å²) < 4.78 is 0. The molecule has 0 radical (unpaired) electrons. The first-order chi connectivity index (χ1) is 10.1. The van der Waals surface area contributed by atoms with Gasteiger partial charge in [0.15, 0.2) is 0 Å². The van der Waals surface area contributed by atoms with E-state index in [0.717, 1.165) is 30.0 Å². The molecular formula is C16H18ClNO2S. The van der Waals surface area contributed by atoms with Gasteiger partial charge in [0.05, 0.1) is 6.04 Å². The van der Waals surface area contributed by atoms with Crippen molar-refractivity contribution in [2.45, 2.75) is 25.8 Å². The molecule has 0 amide bonds. The molecule has 0 saturated carbocycles. The van der Waals surface area contributed by atoms with Crippen LogP contribution < -0.4 is 0 Å². The summed E-state index contributed by atoms with van der Waals surface area (Å²) in [4.78, 5) is 18.4. The van der Waals surface area contributed by atoms with Gasteiger partial charge in [0, 0.05) is 18.5 Å². The van der Waals surface area contributed by atoms with Gasteiger partial charge in [0.25, 0.3) is 0 Å². The van der Waals surface area contributed by atoms with Crippen LogP contribution in [-0.2, 0) is 9.63 Å². The van der Waals surface area contributed by atoms with E-state index < -0.39 is 0 Å². The van der Waals surface area contributed by atoms with Crippen LogP contribution in [-0.4, -0.2) is 29.2 Å². The first-order valence-corrected chi connectivity index (χ1v) is 9.05. The van der Waals surface area contributed by atoms with Crippen molar-refractivity contribution in [2.75, 3.05) is 12.8 Å². The minimum absolute atomic E-state index is 0.0555. The lowest BCUT2D eigenvalue weighted by Gasteiger charge is -2.36. The summed E-state index contributed by atoms with van der Waals surface area (Å²) in [7, 11) is 0.226. The highest BCUT2D eigenvalue weighted by Crippen LogP contribution is 2.47. The molecule has 1 aromatic carbocycles. The van der Waals surface area contributed by atoms with Gasteiger partial charge in [-0.1, -0.05) is 35.2 Å². The maximum absolute atomic E-state index is 11.4. The molecule has 0 aromatic heterocycles. The van der Waals surface area contributed by atoms with Crippen LogP contribution in [0.4, 0.5) is 0 Å². The number of carbonyl (C=O) groups is 1. The van der Waals surface area contributed by atoms with Crippen LogP contribution in [0.1, 0.15) is 31.4 Å². The summed E-state index contributed by atoms with van der Waals surface area (Å²) in [6.45, 7) is 2.16. The molecule has 2 aliphatic rings. The summed E-state index contributed by atoms with van der Waals surface area (Å²) in [5.41, 5.74) is 2.36. The number of hydroxylamine groups is 2. The fourth-order valence-electron chi connectivity index (χ4n) is 3.04. The zero-order valence-electron chi connectivity index (χ0n) is 12.1. The highest BCUT2D eigenvalue weighted by Gasteiger charge is 2.35. The van der Waals surface area contributed by atoms with Crippen molar-refractivity contribution in [1.29, 1.82) is 0 Å². The molecule has 0 aliphatic carbocycles. The lowest BCUT2D eigenvalue weighted by molar-refractivity contribution is -0.198. The van der Waals surface area contributed by atoms with E-state index in [9.17, 15) is 4.79 Å². The summed E-state index contributed by atoms with van der Waals surface area (Å²) in [5.74, 6) is -0.284. The lowest BCUT2D eigenvalue weighted by atomic mass is 9.92. The lowest BCUT2D eigenvalue weighted by Crippen LogP contribution is -2.36. The van der Waals surface area contributed by atoms with E-state index in [4.69, 9.17) is 16.4 Å². The maximum atomic E-state index is 11.4. The average molecular weight is 324 g/mol. The molecular weight excluding hydrogens is 306 g/mol. The highest BCUT2D eigenvalue weighted by atomic mass is 35.5. The van der Waals surface area contributed by atoms with Crippen molar-refractivity contribution in [3.8, 4) is 0 Å². The van der Waals surface area contributed by atoms with Gasteiger partial charge in [-0.2, -0.15) is 10.5 Å². The van der Waals surface area contributed by atoms with Crippen molar-refractivity contribution in [3.63, 3.8) is 0 Å². The van der Waals surface area contributed by atoms with Gasteiger partial charge in [-0.05, 0) is 41.2 Å². The van der Waals surface area contributed by atoms with E-state index in [1.54, 1.807) is 5.06 Å². The van der Waals surface area contributed by atoms with Crippen molar-refractivity contribution in [1.82, 2.24) is 5.06 Å². The standard InChI is InChI=1S/C16H18ClNO2S/c1-11(19)20-18-9-7-15-13(8-10-21(15)2)16(18)12-5-3-4-6-14(12)17/h3-6,10,16H,7-9H2,1-2H3. The Morgan fingerprint density at radius 2 is 2.19 bits per heavy atom. The van der Waals surface area contributed by atoms with Crippen LogP contribution in [0.5, 0.6) is 0 Å². The number of hydrogen-bond acceptors (Lipinski definition) is 3. The van der Waals surface area contributed by atoms with Crippen molar-refractivity contribution >= 4 is 33.4 Å². The largest absolute Gasteiger partial charge is 0.367 e. The molecule has 5 heteroatoms. The molecule has 2 atom stereocenters. The molecule has 3 rings (SSSR count). The molecule has 2 heterocycles. The van der Waals surface area contributed by atoms with E-state index in [1.807, 2.05) is 24.3 Å². The summed E-state index contributed by atoms with van der Waals surface area (Å²) in [6, 6.07) is 7.76. The second-order valence-corrected chi connectivity index (χ2v) is 7.62. The Morgan fingerprint density at radius 3 is 2.90 bits per heavy atom. The molecule has 3 nitrogen and oxygen atoms in total. The Balaban J connectivity index is 2.05. The van der Waals surface area contributed by atoms with Crippen LogP contribution in [0, 0.1) is 0 Å². The number of benzene rings is 1. The third-order valence-corrected chi connectivity index (χ3v) is 6.18. The molecule has 1 aromatic rings. The molecule has 2 aliphatic heterocycles. The fraction of sp³-hybridized carbons (Fsp3) is 0.375. The van der Waals surface area contributed by atoms with Gasteiger partial charge in [0.1, 0.15) is 0 Å². The predicted octanol–water partition coefficient (Wildman–Crippen LogP) is 3.92. The Labute approximate surface area is 132 Å². The monoisotopic (exact) mass is 323 g/mol. The minimum Gasteiger partial charge on any atom is -0.367 e. The normalized spacial score (nSPS) is 25.5. The molecule has 21 heavy (non-hydrogen) atoms. The minimum atomic E-state index is -0.284. The second-order valence-electron chi connectivity index (χ2n) is 5.27. The van der Waals surface area contributed by atoms with Crippen LogP contribution in [0.3, 0.4) is 0 Å². The van der Waals surface area contributed by atoms with Crippen molar-refractivity contribution in [2.24, 2.45) is 0 Å². The Hall–Kier alpha value is -1.10. The van der Waals surface area contributed by atoms with Crippen LogP contribution in [0.2, 0.25) is 5.02 Å². The summed E-state index contributed by atoms with van der Waals surface area (Å²) in [5, 5.41) is 4.86. The van der Waals surface area contributed by atoms with E-state index >= 15 is 0 Å². The zero-order chi connectivity index (χ0) is 15.0. The Bertz CT molecular complexity index is 653. The first kappa shape index (κ1) is 14.8. The molecule has 0 spiro atoms. The van der Waals surface area contributed by atoms with E-state index in [1.165, 1.54) is 17.4 Å². The Kier molecular flexibility index (Phi) is 4.20.